The molecule has 1 aromatic carbocycles. The van der Waals surface area contributed by atoms with E-state index in [4.69, 9.17) is 15.5 Å². The number of phosphoric acid groups is 1. The van der Waals surface area contributed by atoms with Crippen LogP contribution in [0.25, 0.3) is 0 Å². The zero-order chi connectivity index (χ0) is 9.90. The minimum absolute atomic E-state index is 0.581. The van der Waals surface area contributed by atoms with E-state index in [-0.39, 0.29) is 0 Å². The van der Waals surface area contributed by atoms with Crippen LogP contribution < -0.4 is 5.73 Å². The van der Waals surface area contributed by atoms with Gasteiger partial charge in [0, 0.05) is 22.6 Å². The minimum Gasteiger partial charge on any atom is -0.399 e. The van der Waals surface area contributed by atoms with Gasteiger partial charge in [0.05, 0.1) is 0 Å². The molecule has 1 aromatic rings. The number of anilines is 1. The predicted molar refractivity (Wildman–Crippen MR) is 49.8 cm³/mol. The van der Waals surface area contributed by atoms with E-state index in [9.17, 15) is 4.57 Å². The third-order valence-corrected chi connectivity index (χ3v) is 2.65. The lowest BCUT2D eigenvalue weighted by atomic mass is 10.3. The van der Waals surface area contributed by atoms with Gasteiger partial charge in [-0.3, -0.25) is 0 Å². The van der Waals surface area contributed by atoms with Crippen molar-refractivity contribution < 1.29 is 18.3 Å². The van der Waals surface area contributed by atoms with E-state index in [1.165, 1.54) is 0 Å². The van der Waals surface area contributed by atoms with Gasteiger partial charge in [-0.05, 0) is 24.3 Å². The van der Waals surface area contributed by atoms with Gasteiger partial charge in [0.2, 0.25) is 0 Å². The fraction of sp³-hybridized carbons (Fsp3) is 0. The number of hydrogen-bond donors (Lipinski definition) is 3. The first kappa shape index (κ1) is 10.6. The number of hydrogen-bond acceptors (Lipinski definition) is 4. The minimum atomic E-state index is -4.41. The van der Waals surface area contributed by atoms with Gasteiger partial charge in [0.15, 0.2) is 0 Å². The molecule has 0 aromatic heterocycles. The Morgan fingerprint density at radius 2 is 1.85 bits per heavy atom. The Hall–Kier alpha value is -0.520. The molecular formula is C6H8NO4PS. The molecule has 0 saturated heterocycles. The van der Waals surface area contributed by atoms with Gasteiger partial charge >= 0.3 is 7.82 Å². The summed E-state index contributed by atoms with van der Waals surface area (Å²) in [5.41, 5.74) is 5.99. The molecule has 0 aliphatic rings. The summed E-state index contributed by atoms with van der Waals surface area (Å²) in [6.07, 6.45) is 0. The van der Waals surface area contributed by atoms with E-state index >= 15 is 0 Å². The van der Waals surface area contributed by atoms with Crippen LogP contribution in [-0.2, 0) is 8.54 Å². The highest BCUT2D eigenvalue weighted by Crippen LogP contribution is 2.43. The van der Waals surface area contributed by atoms with Crippen LogP contribution in [-0.4, -0.2) is 9.79 Å². The van der Waals surface area contributed by atoms with E-state index in [0.717, 1.165) is 0 Å². The highest BCUT2D eigenvalue weighted by molar-refractivity contribution is 7.97. The molecule has 5 nitrogen and oxygen atoms in total. The van der Waals surface area contributed by atoms with Gasteiger partial charge in [0.25, 0.3) is 0 Å². The summed E-state index contributed by atoms with van der Waals surface area (Å²) in [4.78, 5) is 17.3. The van der Waals surface area contributed by atoms with Gasteiger partial charge < -0.3 is 15.5 Å². The van der Waals surface area contributed by atoms with Crippen LogP contribution in [0.4, 0.5) is 5.69 Å². The summed E-state index contributed by atoms with van der Waals surface area (Å²) in [7, 11) is -4.41. The van der Waals surface area contributed by atoms with Gasteiger partial charge in [-0.2, -0.15) is 0 Å². The Bertz CT molecular complexity index is 322. The van der Waals surface area contributed by atoms with Crippen LogP contribution in [0.3, 0.4) is 0 Å². The average molecular weight is 221 g/mol. The molecule has 0 saturated carbocycles. The van der Waals surface area contributed by atoms with E-state index in [0.29, 0.717) is 22.6 Å². The SMILES string of the molecule is Nc1ccc(SOP(=O)(O)O)cc1. The Labute approximate surface area is 79.4 Å². The van der Waals surface area contributed by atoms with Crippen molar-refractivity contribution in [1.82, 2.24) is 0 Å². The van der Waals surface area contributed by atoms with Gasteiger partial charge in [0.1, 0.15) is 0 Å². The lowest BCUT2D eigenvalue weighted by Gasteiger charge is -2.02. The number of nitrogens with two attached hydrogens (primary N) is 1. The maximum atomic E-state index is 10.3. The summed E-state index contributed by atoms with van der Waals surface area (Å²) in [6.45, 7) is 0. The third kappa shape index (κ3) is 4.31. The first-order valence-electron chi connectivity index (χ1n) is 3.25. The van der Waals surface area contributed by atoms with Crippen molar-refractivity contribution in [2.75, 3.05) is 5.73 Å². The number of benzene rings is 1. The monoisotopic (exact) mass is 221 g/mol. The van der Waals surface area contributed by atoms with Crippen molar-refractivity contribution in [3.8, 4) is 0 Å². The summed E-state index contributed by atoms with van der Waals surface area (Å²) in [5, 5.41) is 0. The van der Waals surface area contributed by atoms with Crippen molar-refractivity contribution in [3.63, 3.8) is 0 Å². The summed E-state index contributed by atoms with van der Waals surface area (Å²) in [5.74, 6) is 0. The molecule has 0 atom stereocenters. The van der Waals surface area contributed by atoms with Crippen molar-refractivity contribution in [1.29, 1.82) is 0 Å². The largest absolute Gasteiger partial charge is 0.481 e. The molecule has 0 radical (unpaired) electrons. The van der Waals surface area contributed by atoms with Crippen LogP contribution >= 0.6 is 19.9 Å². The fourth-order valence-corrected chi connectivity index (χ4v) is 1.59. The maximum absolute atomic E-state index is 10.3. The highest BCUT2D eigenvalue weighted by atomic mass is 32.2. The van der Waals surface area contributed by atoms with Crippen LogP contribution in [0, 0.1) is 0 Å². The second-order valence-corrected chi connectivity index (χ2v) is 4.43. The number of nitrogen functional groups attached to an aromatic ring is 1. The molecule has 72 valence electrons. The molecule has 0 heterocycles. The summed E-state index contributed by atoms with van der Waals surface area (Å²) >= 11 is 0.617. The van der Waals surface area contributed by atoms with Crippen LogP contribution in [0.1, 0.15) is 0 Å². The molecule has 0 aliphatic heterocycles. The van der Waals surface area contributed by atoms with Crippen molar-refractivity contribution in [2.45, 2.75) is 4.90 Å². The van der Waals surface area contributed by atoms with Crippen molar-refractivity contribution in [2.24, 2.45) is 0 Å². The molecule has 7 heteroatoms. The van der Waals surface area contributed by atoms with Gasteiger partial charge in [-0.1, -0.05) is 0 Å². The second-order valence-electron chi connectivity index (χ2n) is 2.22. The molecule has 0 spiro atoms. The van der Waals surface area contributed by atoms with Crippen LogP contribution in [0.15, 0.2) is 29.2 Å². The molecule has 0 bridgehead atoms. The number of rotatable bonds is 3. The second kappa shape index (κ2) is 4.13. The first-order chi connectivity index (χ1) is 5.97. The Morgan fingerprint density at radius 3 is 2.31 bits per heavy atom. The summed E-state index contributed by atoms with van der Waals surface area (Å²) < 4.78 is 14.5. The van der Waals surface area contributed by atoms with Crippen molar-refractivity contribution in [3.05, 3.63) is 24.3 Å². The van der Waals surface area contributed by atoms with Gasteiger partial charge in [-0.25, -0.2) is 8.54 Å². The average Bonchev–Trinajstić information content (AvgIpc) is 2.02. The molecule has 0 amide bonds. The molecule has 0 fully saturated rings. The Kier molecular flexibility index (Phi) is 3.35. The Morgan fingerprint density at radius 1 is 1.31 bits per heavy atom. The predicted octanol–water partition coefficient (Wildman–Crippen LogP) is 1.39. The van der Waals surface area contributed by atoms with Crippen LogP contribution in [0.5, 0.6) is 0 Å². The van der Waals surface area contributed by atoms with E-state index < -0.39 is 7.82 Å². The lowest BCUT2D eigenvalue weighted by Crippen LogP contribution is -1.83. The fourth-order valence-electron chi connectivity index (χ4n) is 0.615. The quantitative estimate of drug-likeness (QED) is 0.405. The van der Waals surface area contributed by atoms with E-state index in [2.05, 4.69) is 3.97 Å². The molecule has 0 unspecified atom stereocenters. The van der Waals surface area contributed by atoms with E-state index in [1.807, 2.05) is 0 Å². The first-order valence-corrected chi connectivity index (χ1v) is 5.52. The molecule has 4 N–H and O–H groups in total. The zero-order valence-electron chi connectivity index (χ0n) is 6.45. The summed E-state index contributed by atoms with van der Waals surface area (Å²) in [6, 6.07) is 6.45. The smallest absolute Gasteiger partial charge is 0.399 e. The van der Waals surface area contributed by atoms with Crippen LogP contribution in [0.2, 0.25) is 0 Å². The normalized spacial score (nSPS) is 11.5. The molecule has 0 aliphatic carbocycles. The zero-order valence-corrected chi connectivity index (χ0v) is 8.16. The Balaban J connectivity index is 2.56. The highest BCUT2D eigenvalue weighted by Gasteiger charge is 2.14. The lowest BCUT2D eigenvalue weighted by molar-refractivity contribution is 0.298. The maximum Gasteiger partial charge on any atom is 0.481 e. The molecular weight excluding hydrogens is 213 g/mol. The standard InChI is InChI=1S/C6H8NO4PS/c7-5-1-3-6(4-2-5)13-11-12(8,9)10/h1-4H,7H2,(H2,8,9,10). The topological polar surface area (TPSA) is 92.8 Å². The van der Waals surface area contributed by atoms with E-state index in [1.54, 1.807) is 24.3 Å². The van der Waals surface area contributed by atoms with Gasteiger partial charge in [-0.15, -0.1) is 0 Å². The van der Waals surface area contributed by atoms with Crippen molar-refractivity contribution >= 4 is 25.6 Å². The molecule has 13 heavy (non-hydrogen) atoms. The third-order valence-electron chi connectivity index (χ3n) is 1.11. The molecule has 1 rings (SSSR count).